The van der Waals surface area contributed by atoms with Crippen molar-refractivity contribution in [1.82, 2.24) is 4.57 Å². The first-order valence-electron chi connectivity index (χ1n) is 21.3. The van der Waals surface area contributed by atoms with E-state index < -0.39 is 0 Å². The van der Waals surface area contributed by atoms with Gasteiger partial charge in [0.05, 0.1) is 28.1 Å². The number of thiophene rings is 1. The fourth-order valence-corrected chi connectivity index (χ4v) is 11.0. The zero-order valence-electron chi connectivity index (χ0n) is 33.8. The van der Waals surface area contributed by atoms with Crippen LogP contribution < -0.4 is 0 Å². The van der Waals surface area contributed by atoms with Crippen molar-refractivity contribution in [2.24, 2.45) is 15.9 Å². The number of nitrogens with zero attached hydrogens (tertiary/aromatic N) is 3. The van der Waals surface area contributed by atoms with Crippen LogP contribution in [-0.2, 0) is 0 Å². The summed E-state index contributed by atoms with van der Waals surface area (Å²) >= 11 is 1.85. The third-order valence-electron chi connectivity index (χ3n) is 12.8. The summed E-state index contributed by atoms with van der Waals surface area (Å²) in [6.45, 7) is 2.31. The minimum Gasteiger partial charge on any atom is -0.456 e. The van der Waals surface area contributed by atoms with Crippen molar-refractivity contribution in [1.29, 1.82) is 0 Å². The van der Waals surface area contributed by atoms with E-state index in [1.165, 1.54) is 52.7 Å². The smallest absolute Gasteiger partial charge is 0.160 e. The molecule has 3 aromatic heterocycles. The standard InChI is InChI=1S/C57H37N3OS/c1-34-25-28-48(58-57(39-27-26-35-13-2-3-14-36(35)29-39)59-55(34)44-21-12-20-43-42-19-8-11-24-54(42)62-56(43)44)47-33-53-46(41-18-7-10-23-52(41)61-53)32-51(47)60-49-22-9-6-17-40(49)45-30-37-15-4-5-16-38(37)31-50(45)60/h2-24,26-34H,25H2,1H3/b48-28+,58-57?,59-55?. The molecule has 0 bridgehead atoms. The summed E-state index contributed by atoms with van der Waals surface area (Å²) in [4.78, 5) is 11.4. The van der Waals surface area contributed by atoms with Crippen LogP contribution in [0, 0.1) is 5.92 Å². The van der Waals surface area contributed by atoms with Gasteiger partial charge in [0.25, 0.3) is 0 Å². The lowest BCUT2D eigenvalue weighted by molar-refractivity contribution is 0.668. The lowest BCUT2D eigenvalue weighted by Crippen LogP contribution is -2.17. The molecule has 1 aliphatic rings. The number of benzene rings is 9. The number of hydrogen-bond donors (Lipinski definition) is 0. The summed E-state index contributed by atoms with van der Waals surface area (Å²) < 4.78 is 11.6. The Balaban J connectivity index is 1.11. The number of hydrogen-bond acceptors (Lipinski definition) is 4. The minimum absolute atomic E-state index is 0.0877. The topological polar surface area (TPSA) is 42.8 Å². The van der Waals surface area contributed by atoms with Gasteiger partial charge in [0.1, 0.15) is 11.2 Å². The maximum atomic E-state index is 6.65. The summed E-state index contributed by atoms with van der Waals surface area (Å²) in [7, 11) is 0. The van der Waals surface area contributed by atoms with Crippen LogP contribution in [0.1, 0.15) is 30.0 Å². The summed E-state index contributed by atoms with van der Waals surface area (Å²) in [5, 5.41) is 11.9. The van der Waals surface area contributed by atoms with Crippen LogP contribution in [0.15, 0.2) is 202 Å². The van der Waals surface area contributed by atoms with Crippen LogP contribution in [0.4, 0.5) is 0 Å². The Bertz CT molecular complexity index is 3930. The molecule has 0 amide bonds. The van der Waals surface area contributed by atoms with Gasteiger partial charge >= 0.3 is 0 Å². The Kier molecular flexibility index (Phi) is 7.78. The lowest BCUT2D eigenvalue weighted by Gasteiger charge is -2.20. The van der Waals surface area contributed by atoms with Crippen molar-refractivity contribution in [3.63, 3.8) is 0 Å². The van der Waals surface area contributed by atoms with E-state index in [0.29, 0.717) is 5.84 Å². The van der Waals surface area contributed by atoms with Gasteiger partial charge in [0, 0.05) is 64.3 Å². The highest BCUT2D eigenvalue weighted by atomic mass is 32.1. The summed E-state index contributed by atoms with van der Waals surface area (Å²) in [6.07, 6.45) is 3.08. The van der Waals surface area contributed by atoms with Crippen LogP contribution in [0.3, 0.4) is 0 Å². The summed E-state index contributed by atoms with van der Waals surface area (Å²) in [6, 6.07) is 65.5. The second-order valence-corrected chi connectivity index (χ2v) is 17.6. The average molecular weight is 812 g/mol. The van der Waals surface area contributed by atoms with Gasteiger partial charge in [-0.05, 0) is 76.5 Å². The second kappa shape index (κ2) is 13.7. The first-order valence-corrected chi connectivity index (χ1v) is 22.1. The number of amidine groups is 1. The van der Waals surface area contributed by atoms with Crippen LogP contribution in [0.2, 0.25) is 0 Å². The monoisotopic (exact) mass is 811 g/mol. The van der Waals surface area contributed by atoms with E-state index in [1.54, 1.807) is 0 Å². The molecule has 0 aliphatic carbocycles. The molecule has 62 heavy (non-hydrogen) atoms. The molecular formula is C57H37N3OS. The molecule has 4 heterocycles. The molecule has 1 aliphatic heterocycles. The van der Waals surface area contributed by atoms with Crippen LogP contribution in [-0.4, -0.2) is 16.1 Å². The van der Waals surface area contributed by atoms with E-state index in [-0.39, 0.29) is 5.92 Å². The van der Waals surface area contributed by atoms with Crippen LogP contribution in [0.25, 0.3) is 96.8 Å². The van der Waals surface area contributed by atoms with Gasteiger partial charge in [0.15, 0.2) is 5.84 Å². The predicted molar refractivity (Wildman–Crippen MR) is 264 cm³/mol. The van der Waals surface area contributed by atoms with Gasteiger partial charge in [-0.3, -0.25) is 0 Å². The molecule has 1 unspecified atom stereocenters. The number of rotatable bonds is 4. The Morgan fingerprint density at radius 1 is 0.516 bits per heavy atom. The summed E-state index contributed by atoms with van der Waals surface area (Å²) in [5.41, 5.74) is 10.1. The molecular weight excluding hydrogens is 775 g/mol. The van der Waals surface area contributed by atoms with Crippen molar-refractivity contribution >= 4 is 114 Å². The maximum absolute atomic E-state index is 6.65. The van der Waals surface area contributed by atoms with E-state index in [2.05, 4.69) is 193 Å². The van der Waals surface area contributed by atoms with Gasteiger partial charge in [-0.2, -0.15) is 0 Å². The first kappa shape index (κ1) is 35.2. The molecule has 4 nitrogen and oxygen atoms in total. The molecule has 0 N–H and O–H groups in total. The quantitative estimate of drug-likeness (QED) is 0.175. The first-order chi connectivity index (χ1) is 30.6. The van der Waals surface area contributed by atoms with Crippen molar-refractivity contribution in [3.8, 4) is 5.69 Å². The molecule has 12 aromatic rings. The minimum atomic E-state index is 0.0877. The fraction of sp³-hybridized carbons (Fsp3) is 0.0526. The molecule has 5 heteroatoms. The number of aliphatic imine (C=N–C) groups is 2. The molecule has 0 fully saturated rings. The number of para-hydroxylation sites is 2. The molecule has 0 saturated heterocycles. The SMILES string of the molecule is CC1C/C=C(\c2cc3oc4ccccc4c3cc2-n2c3ccccc3c3cc4ccccc4cc32)N=C(c2ccc3ccccc3c2)N=C1c1cccc2c1sc1ccccc12. The Morgan fingerprint density at radius 2 is 1.23 bits per heavy atom. The van der Waals surface area contributed by atoms with E-state index in [1.807, 2.05) is 17.4 Å². The van der Waals surface area contributed by atoms with Crippen molar-refractivity contribution in [2.75, 3.05) is 0 Å². The maximum Gasteiger partial charge on any atom is 0.160 e. The zero-order chi connectivity index (χ0) is 40.9. The molecule has 0 spiro atoms. The van der Waals surface area contributed by atoms with Gasteiger partial charge in [-0.25, -0.2) is 9.98 Å². The van der Waals surface area contributed by atoms with Crippen LogP contribution in [0.5, 0.6) is 0 Å². The Hall–Kier alpha value is -7.60. The van der Waals surface area contributed by atoms with E-state index in [4.69, 9.17) is 14.4 Å². The van der Waals surface area contributed by atoms with Crippen molar-refractivity contribution < 1.29 is 4.42 Å². The van der Waals surface area contributed by atoms with Gasteiger partial charge in [0.2, 0.25) is 0 Å². The highest BCUT2D eigenvalue weighted by molar-refractivity contribution is 7.26. The summed E-state index contributed by atoms with van der Waals surface area (Å²) in [5.74, 6) is 0.773. The third kappa shape index (κ3) is 5.45. The van der Waals surface area contributed by atoms with E-state index in [9.17, 15) is 0 Å². The van der Waals surface area contributed by atoms with Crippen LogP contribution >= 0.6 is 11.3 Å². The predicted octanol–water partition coefficient (Wildman–Crippen LogP) is 15.7. The molecule has 9 aromatic carbocycles. The molecule has 0 saturated carbocycles. The second-order valence-electron chi connectivity index (χ2n) is 16.5. The van der Waals surface area contributed by atoms with Crippen molar-refractivity contribution in [2.45, 2.75) is 13.3 Å². The van der Waals surface area contributed by atoms with E-state index >= 15 is 0 Å². The number of furan rings is 1. The normalized spacial score (nSPS) is 15.8. The number of allylic oxidation sites excluding steroid dienone is 1. The largest absolute Gasteiger partial charge is 0.456 e. The zero-order valence-corrected chi connectivity index (χ0v) is 34.7. The molecule has 13 rings (SSSR count). The fourth-order valence-electron chi connectivity index (χ4n) is 9.78. The van der Waals surface area contributed by atoms with Crippen molar-refractivity contribution in [3.05, 3.63) is 205 Å². The Labute approximate surface area is 361 Å². The number of fused-ring (bicyclic) bond motifs is 11. The Morgan fingerprint density at radius 3 is 2.10 bits per heavy atom. The molecule has 0 radical (unpaired) electrons. The number of aromatic nitrogens is 1. The third-order valence-corrected chi connectivity index (χ3v) is 14.0. The molecule has 1 atom stereocenters. The average Bonchev–Trinajstić information content (AvgIpc) is 3.98. The lowest BCUT2D eigenvalue weighted by atomic mass is 9.92. The van der Waals surface area contributed by atoms with Gasteiger partial charge in [-0.1, -0.05) is 146 Å². The molecule has 292 valence electrons. The highest BCUT2D eigenvalue weighted by Gasteiger charge is 2.25. The highest BCUT2D eigenvalue weighted by Crippen LogP contribution is 2.42. The van der Waals surface area contributed by atoms with Gasteiger partial charge < -0.3 is 8.98 Å². The van der Waals surface area contributed by atoms with E-state index in [0.717, 1.165) is 73.0 Å². The van der Waals surface area contributed by atoms with Gasteiger partial charge in [-0.15, -0.1) is 11.3 Å².